The molecule has 0 radical (unpaired) electrons. The van der Waals surface area contributed by atoms with Gasteiger partial charge in [-0.05, 0) is 38.8 Å². The Hall–Kier alpha value is -2.33. The summed E-state index contributed by atoms with van der Waals surface area (Å²) < 4.78 is 5.72. The van der Waals surface area contributed by atoms with Crippen LogP contribution in [0, 0.1) is 0 Å². The minimum absolute atomic E-state index is 0.275. The average Bonchev–Trinajstić information content (AvgIpc) is 3.06. The van der Waals surface area contributed by atoms with Crippen molar-refractivity contribution in [3.63, 3.8) is 0 Å². The number of carbonyl (C=O) groups is 1. The van der Waals surface area contributed by atoms with Gasteiger partial charge in [-0.25, -0.2) is 4.79 Å². The second-order valence-electron chi connectivity index (χ2n) is 8.28. The smallest absolute Gasteiger partial charge is 0.335 e. The predicted octanol–water partition coefficient (Wildman–Crippen LogP) is 5.89. The Morgan fingerprint density at radius 2 is 1.71 bits per heavy atom. The number of nitrogens with zero attached hydrogens (tertiary/aromatic N) is 1. The molecule has 3 rings (SSSR count). The summed E-state index contributed by atoms with van der Waals surface area (Å²) >= 11 is 1.62. The van der Waals surface area contributed by atoms with Gasteiger partial charge in [0.2, 0.25) is 0 Å². The van der Waals surface area contributed by atoms with Gasteiger partial charge < -0.3 is 4.74 Å². The molecular weight excluding hydrogens is 366 g/mol. The van der Waals surface area contributed by atoms with Gasteiger partial charge in [0, 0.05) is 17.7 Å². The molecule has 0 aromatic heterocycles. The lowest BCUT2D eigenvalue weighted by Gasteiger charge is -2.28. The van der Waals surface area contributed by atoms with Crippen LogP contribution in [0.4, 0.5) is 0 Å². The molecule has 2 aromatic carbocycles. The lowest BCUT2D eigenvalue weighted by Crippen LogP contribution is -2.43. The molecule has 1 aliphatic heterocycles. The molecule has 4 heteroatoms. The van der Waals surface area contributed by atoms with Crippen LogP contribution in [0.15, 0.2) is 71.7 Å². The SMILES string of the molecule is C=C(C)C[C@]1(C(=O)OC(C)(C)C)CSC(c2ccccc2-c2ccccc2)=N1. The highest BCUT2D eigenvalue weighted by Crippen LogP contribution is 2.39. The lowest BCUT2D eigenvalue weighted by molar-refractivity contribution is -0.160. The fourth-order valence-electron chi connectivity index (χ4n) is 3.26. The predicted molar refractivity (Wildman–Crippen MR) is 119 cm³/mol. The zero-order valence-corrected chi connectivity index (χ0v) is 17.8. The van der Waals surface area contributed by atoms with Crippen LogP contribution in [-0.2, 0) is 9.53 Å². The number of ether oxygens (including phenoxy) is 1. The normalized spacial score (nSPS) is 19.2. The first-order valence-corrected chi connectivity index (χ1v) is 10.4. The first-order valence-electron chi connectivity index (χ1n) is 9.45. The van der Waals surface area contributed by atoms with E-state index in [4.69, 9.17) is 9.73 Å². The van der Waals surface area contributed by atoms with Crippen molar-refractivity contribution in [3.8, 4) is 11.1 Å². The quantitative estimate of drug-likeness (QED) is 0.469. The van der Waals surface area contributed by atoms with Crippen LogP contribution >= 0.6 is 11.8 Å². The fourth-order valence-corrected chi connectivity index (χ4v) is 4.50. The first-order chi connectivity index (χ1) is 13.2. The third kappa shape index (κ3) is 4.56. The Kier molecular flexibility index (Phi) is 5.80. The maximum absolute atomic E-state index is 13.1. The van der Waals surface area contributed by atoms with Crippen molar-refractivity contribution in [2.75, 3.05) is 5.75 Å². The van der Waals surface area contributed by atoms with E-state index >= 15 is 0 Å². The minimum Gasteiger partial charge on any atom is -0.458 e. The molecule has 0 spiro atoms. The number of hydrogen-bond donors (Lipinski definition) is 0. The molecule has 1 heterocycles. The first kappa shape index (κ1) is 20.4. The van der Waals surface area contributed by atoms with Crippen molar-refractivity contribution >= 4 is 22.8 Å². The topological polar surface area (TPSA) is 38.7 Å². The number of benzene rings is 2. The fraction of sp³-hybridized carbons (Fsp3) is 0.333. The Labute approximate surface area is 171 Å². The van der Waals surface area contributed by atoms with E-state index in [1.54, 1.807) is 11.8 Å². The van der Waals surface area contributed by atoms with Crippen LogP contribution in [0.25, 0.3) is 11.1 Å². The van der Waals surface area contributed by atoms with Gasteiger partial charge in [-0.3, -0.25) is 4.99 Å². The van der Waals surface area contributed by atoms with Crippen molar-refractivity contribution < 1.29 is 9.53 Å². The molecule has 0 N–H and O–H groups in total. The lowest BCUT2D eigenvalue weighted by atomic mass is 9.93. The standard InChI is InChI=1S/C24H27NO2S/c1-17(2)15-24(22(26)27-23(3,4)5)16-28-21(25-24)20-14-10-9-13-19(20)18-11-7-6-8-12-18/h6-14H,1,15-16H2,2-5H3/t24-/m1/s1. The number of hydrogen-bond acceptors (Lipinski definition) is 4. The third-order valence-corrected chi connectivity index (χ3v) is 5.59. The molecule has 2 aromatic rings. The molecule has 28 heavy (non-hydrogen) atoms. The molecule has 0 saturated heterocycles. The van der Waals surface area contributed by atoms with Gasteiger partial charge in [-0.15, -0.1) is 18.3 Å². The molecule has 0 amide bonds. The van der Waals surface area contributed by atoms with Crippen LogP contribution in [0.2, 0.25) is 0 Å². The highest BCUT2D eigenvalue weighted by Gasteiger charge is 2.46. The van der Waals surface area contributed by atoms with E-state index in [1.165, 1.54) is 0 Å². The maximum atomic E-state index is 13.1. The summed E-state index contributed by atoms with van der Waals surface area (Å²) in [5.74, 6) is 0.287. The molecule has 0 saturated carbocycles. The van der Waals surface area contributed by atoms with Gasteiger partial charge in [-0.1, -0.05) is 60.2 Å². The van der Waals surface area contributed by atoms with Crippen LogP contribution < -0.4 is 0 Å². The number of carbonyl (C=O) groups excluding carboxylic acids is 1. The maximum Gasteiger partial charge on any atom is 0.335 e. The number of thioether (sulfide) groups is 1. The Balaban J connectivity index is 2.03. The van der Waals surface area contributed by atoms with E-state index in [2.05, 4.69) is 30.8 Å². The summed E-state index contributed by atoms with van der Waals surface area (Å²) in [6.07, 6.45) is 0.492. The zero-order valence-electron chi connectivity index (χ0n) is 17.0. The molecule has 1 atom stereocenters. The van der Waals surface area contributed by atoms with Gasteiger partial charge in [0.05, 0.1) is 5.04 Å². The van der Waals surface area contributed by atoms with Gasteiger partial charge in [0.1, 0.15) is 5.60 Å². The number of aliphatic imine (C=N–C) groups is 1. The summed E-state index contributed by atoms with van der Waals surface area (Å²) in [5.41, 5.74) is 2.76. The monoisotopic (exact) mass is 393 g/mol. The molecule has 0 aliphatic carbocycles. The Morgan fingerprint density at radius 1 is 1.11 bits per heavy atom. The minimum atomic E-state index is -0.914. The van der Waals surface area contributed by atoms with Crippen LogP contribution in [0.1, 0.15) is 39.7 Å². The number of rotatable bonds is 5. The highest BCUT2D eigenvalue weighted by atomic mass is 32.2. The van der Waals surface area contributed by atoms with Crippen LogP contribution in [-0.4, -0.2) is 27.9 Å². The summed E-state index contributed by atoms with van der Waals surface area (Å²) in [6, 6.07) is 18.5. The van der Waals surface area contributed by atoms with Gasteiger partial charge in [0.15, 0.2) is 5.54 Å². The third-order valence-electron chi connectivity index (χ3n) is 4.38. The molecular formula is C24H27NO2S. The highest BCUT2D eigenvalue weighted by molar-refractivity contribution is 8.14. The van der Waals surface area contributed by atoms with Gasteiger partial charge in [0.25, 0.3) is 0 Å². The van der Waals surface area contributed by atoms with E-state index in [1.807, 2.05) is 58.0 Å². The summed E-state index contributed by atoms with van der Waals surface area (Å²) in [6.45, 7) is 11.6. The zero-order chi connectivity index (χ0) is 20.4. The van der Waals surface area contributed by atoms with Crippen molar-refractivity contribution in [1.29, 1.82) is 0 Å². The second-order valence-corrected chi connectivity index (χ2v) is 9.25. The van der Waals surface area contributed by atoms with Gasteiger partial charge in [-0.2, -0.15) is 0 Å². The Morgan fingerprint density at radius 3 is 2.32 bits per heavy atom. The van der Waals surface area contributed by atoms with Crippen LogP contribution in [0.5, 0.6) is 0 Å². The average molecular weight is 394 g/mol. The van der Waals surface area contributed by atoms with Crippen LogP contribution in [0.3, 0.4) is 0 Å². The van der Waals surface area contributed by atoms with E-state index in [9.17, 15) is 4.79 Å². The van der Waals surface area contributed by atoms with Crippen molar-refractivity contribution in [2.45, 2.75) is 45.3 Å². The molecule has 146 valence electrons. The molecule has 3 nitrogen and oxygen atoms in total. The van der Waals surface area contributed by atoms with Crippen molar-refractivity contribution in [2.24, 2.45) is 4.99 Å². The molecule has 0 fully saturated rings. The van der Waals surface area contributed by atoms with Gasteiger partial charge >= 0.3 is 5.97 Å². The van der Waals surface area contributed by atoms with Crippen molar-refractivity contribution in [3.05, 3.63) is 72.3 Å². The summed E-state index contributed by atoms with van der Waals surface area (Å²) in [7, 11) is 0. The summed E-state index contributed by atoms with van der Waals surface area (Å²) in [5, 5.41) is 0.881. The molecule has 0 bridgehead atoms. The summed E-state index contributed by atoms with van der Waals surface area (Å²) in [4.78, 5) is 18.0. The second kappa shape index (κ2) is 7.96. The largest absolute Gasteiger partial charge is 0.458 e. The number of esters is 1. The van der Waals surface area contributed by atoms with E-state index in [-0.39, 0.29) is 5.97 Å². The molecule has 1 aliphatic rings. The Bertz CT molecular complexity index is 912. The van der Waals surface area contributed by atoms with Crippen molar-refractivity contribution in [1.82, 2.24) is 0 Å². The van der Waals surface area contributed by atoms with E-state index in [0.717, 1.165) is 27.3 Å². The van der Waals surface area contributed by atoms with E-state index < -0.39 is 11.1 Å². The van der Waals surface area contributed by atoms with E-state index in [0.29, 0.717) is 12.2 Å². The molecule has 0 unspecified atom stereocenters.